The molecule has 1 heterocycles. The summed E-state index contributed by atoms with van der Waals surface area (Å²) in [5, 5.41) is 3.66. The number of piperazine rings is 1. The lowest BCUT2D eigenvalue weighted by Crippen LogP contribution is -2.52. The van der Waals surface area contributed by atoms with Crippen molar-refractivity contribution in [2.45, 2.75) is 19.9 Å². The number of carbonyl (C=O) groups excluding carboxylic acids is 1. The van der Waals surface area contributed by atoms with E-state index in [1.807, 2.05) is 18.7 Å². The Bertz CT molecular complexity index is 522. The van der Waals surface area contributed by atoms with E-state index in [1.54, 1.807) is 12.1 Å². The molecular weight excluding hydrogens is 292 g/mol. The maximum absolute atomic E-state index is 12.6. The van der Waals surface area contributed by atoms with Crippen LogP contribution in [0, 0.1) is 0 Å². The molecule has 1 amide bonds. The number of carbonyl (C=O) groups is 1. The molecular formula is C15H21ClN2O3. The van der Waals surface area contributed by atoms with Gasteiger partial charge in [0.15, 0.2) is 11.5 Å². The van der Waals surface area contributed by atoms with E-state index in [0.717, 1.165) is 13.1 Å². The molecule has 0 spiro atoms. The minimum atomic E-state index is -0.0350. The fraction of sp³-hybridized carbons (Fsp3) is 0.533. The molecule has 0 aliphatic carbocycles. The third-order valence-electron chi connectivity index (χ3n) is 3.53. The van der Waals surface area contributed by atoms with Crippen LogP contribution in [-0.2, 0) is 0 Å². The maximum Gasteiger partial charge on any atom is 0.254 e. The fourth-order valence-corrected chi connectivity index (χ4v) is 2.70. The van der Waals surface area contributed by atoms with Crippen molar-refractivity contribution in [3.05, 3.63) is 22.7 Å². The van der Waals surface area contributed by atoms with Gasteiger partial charge in [0.2, 0.25) is 0 Å². The highest BCUT2D eigenvalue weighted by Gasteiger charge is 2.25. The van der Waals surface area contributed by atoms with Crippen LogP contribution in [0.2, 0.25) is 5.02 Å². The van der Waals surface area contributed by atoms with Crippen LogP contribution in [0.1, 0.15) is 24.2 Å². The van der Waals surface area contributed by atoms with Gasteiger partial charge in [-0.15, -0.1) is 0 Å². The van der Waals surface area contributed by atoms with Crippen LogP contribution in [-0.4, -0.2) is 50.2 Å². The molecule has 1 atom stereocenters. The third-order valence-corrected chi connectivity index (χ3v) is 3.81. The third kappa shape index (κ3) is 3.41. The summed E-state index contributed by atoms with van der Waals surface area (Å²) >= 11 is 6.22. The number of halogens is 1. The van der Waals surface area contributed by atoms with Crippen LogP contribution < -0.4 is 14.8 Å². The first kappa shape index (κ1) is 15.9. The molecule has 5 nitrogen and oxygen atoms in total. The smallest absolute Gasteiger partial charge is 0.254 e. The van der Waals surface area contributed by atoms with Crippen molar-refractivity contribution in [2.24, 2.45) is 0 Å². The molecule has 0 aromatic heterocycles. The standard InChI is InChI=1S/C15H21ClN2O3/c1-4-21-14-12(16)7-11(8-13(14)20-3)15(19)18-6-5-17-9-10(18)2/h7-8,10,17H,4-6,9H2,1-3H3. The summed E-state index contributed by atoms with van der Waals surface area (Å²) < 4.78 is 10.8. The second kappa shape index (κ2) is 7.00. The summed E-state index contributed by atoms with van der Waals surface area (Å²) in [5.41, 5.74) is 0.522. The Morgan fingerprint density at radius 2 is 2.29 bits per heavy atom. The molecule has 1 aliphatic heterocycles. The average Bonchev–Trinajstić information content (AvgIpc) is 2.49. The Balaban J connectivity index is 2.31. The van der Waals surface area contributed by atoms with Crippen LogP contribution in [0.3, 0.4) is 0 Å². The largest absolute Gasteiger partial charge is 0.493 e. The highest BCUT2D eigenvalue weighted by atomic mass is 35.5. The van der Waals surface area contributed by atoms with Crippen molar-refractivity contribution >= 4 is 17.5 Å². The molecule has 1 aromatic rings. The predicted octanol–water partition coefficient (Wildman–Crippen LogP) is 2.18. The number of methoxy groups -OCH3 is 1. The normalized spacial score (nSPS) is 18.5. The van der Waals surface area contributed by atoms with Crippen molar-refractivity contribution in [3.63, 3.8) is 0 Å². The zero-order valence-electron chi connectivity index (χ0n) is 12.6. The molecule has 1 fully saturated rings. The van der Waals surface area contributed by atoms with Crippen molar-refractivity contribution < 1.29 is 14.3 Å². The van der Waals surface area contributed by atoms with Gasteiger partial charge >= 0.3 is 0 Å². The Morgan fingerprint density at radius 3 is 2.90 bits per heavy atom. The number of hydrogen-bond acceptors (Lipinski definition) is 4. The maximum atomic E-state index is 12.6. The molecule has 0 saturated carbocycles. The highest BCUT2D eigenvalue weighted by molar-refractivity contribution is 6.32. The van der Waals surface area contributed by atoms with Gasteiger partial charge in [0.25, 0.3) is 5.91 Å². The molecule has 21 heavy (non-hydrogen) atoms. The Hall–Kier alpha value is -1.46. The molecule has 1 aliphatic rings. The van der Waals surface area contributed by atoms with E-state index in [0.29, 0.717) is 35.2 Å². The van der Waals surface area contributed by atoms with Gasteiger partial charge in [0, 0.05) is 31.2 Å². The van der Waals surface area contributed by atoms with Crippen molar-refractivity contribution in [1.82, 2.24) is 10.2 Å². The van der Waals surface area contributed by atoms with Gasteiger partial charge < -0.3 is 19.7 Å². The lowest BCUT2D eigenvalue weighted by atomic mass is 10.1. The first-order valence-electron chi connectivity index (χ1n) is 7.10. The van der Waals surface area contributed by atoms with Gasteiger partial charge in [0.05, 0.1) is 18.7 Å². The minimum Gasteiger partial charge on any atom is -0.493 e. The van der Waals surface area contributed by atoms with Crippen LogP contribution in [0.15, 0.2) is 12.1 Å². The van der Waals surface area contributed by atoms with E-state index < -0.39 is 0 Å². The zero-order chi connectivity index (χ0) is 15.4. The average molecular weight is 313 g/mol. The van der Waals surface area contributed by atoms with Crippen LogP contribution in [0.5, 0.6) is 11.5 Å². The van der Waals surface area contributed by atoms with E-state index in [1.165, 1.54) is 7.11 Å². The number of ether oxygens (including phenoxy) is 2. The molecule has 0 radical (unpaired) electrons. The van der Waals surface area contributed by atoms with Gasteiger partial charge in [-0.1, -0.05) is 11.6 Å². The second-order valence-electron chi connectivity index (χ2n) is 4.97. The number of hydrogen-bond donors (Lipinski definition) is 1. The van der Waals surface area contributed by atoms with Crippen molar-refractivity contribution in [1.29, 1.82) is 0 Å². The SMILES string of the molecule is CCOc1c(Cl)cc(C(=O)N2CCNCC2C)cc1OC. The molecule has 1 saturated heterocycles. The number of amides is 1. The summed E-state index contributed by atoms with van der Waals surface area (Å²) in [6.07, 6.45) is 0. The highest BCUT2D eigenvalue weighted by Crippen LogP contribution is 2.36. The molecule has 0 bridgehead atoms. The monoisotopic (exact) mass is 312 g/mol. The van der Waals surface area contributed by atoms with Crippen molar-refractivity contribution in [3.8, 4) is 11.5 Å². The minimum absolute atomic E-state index is 0.0350. The molecule has 1 unspecified atom stereocenters. The van der Waals surface area contributed by atoms with E-state index >= 15 is 0 Å². The van der Waals surface area contributed by atoms with Gasteiger partial charge in [-0.2, -0.15) is 0 Å². The van der Waals surface area contributed by atoms with E-state index in [-0.39, 0.29) is 11.9 Å². The van der Waals surface area contributed by atoms with Crippen LogP contribution in [0.4, 0.5) is 0 Å². The number of rotatable bonds is 4. The molecule has 6 heteroatoms. The van der Waals surface area contributed by atoms with E-state index in [4.69, 9.17) is 21.1 Å². The number of nitrogens with one attached hydrogen (secondary N) is 1. The van der Waals surface area contributed by atoms with Crippen molar-refractivity contribution in [2.75, 3.05) is 33.4 Å². The number of nitrogens with zero attached hydrogens (tertiary/aromatic N) is 1. The lowest BCUT2D eigenvalue weighted by molar-refractivity contribution is 0.0655. The van der Waals surface area contributed by atoms with Gasteiger partial charge in [-0.25, -0.2) is 0 Å². The molecule has 116 valence electrons. The first-order chi connectivity index (χ1) is 10.1. The summed E-state index contributed by atoms with van der Waals surface area (Å²) in [6.45, 7) is 6.67. The lowest BCUT2D eigenvalue weighted by Gasteiger charge is -2.34. The Morgan fingerprint density at radius 1 is 1.52 bits per heavy atom. The van der Waals surface area contributed by atoms with Gasteiger partial charge in [-0.05, 0) is 26.0 Å². The fourth-order valence-electron chi connectivity index (χ4n) is 2.44. The Labute approximate surface area is 130 Å². The van der Waals surface area contributed by atoms with Crippen LogP contribution in [0.25, 0.3) is 0 Å². The summed E-state index contributed by atoms with van der Waals surface area (Å²) in [4.78, 5) is 14.5. The summed E-state index contributed by atoms with van der Waals surface area (Å²) in [5.74, 6) is 0.925. The zero-order valence-corrected chi connectivity index (χ0v) is 13.4. The summed E-state index contributed by atoms with van der Waals surface area (Å²) in [7, 11) is 1.54. The quantitative estimate of drug-likeness (QED) is 0.926. The molecule has 1 N–H and O–H groups in total. The predicted molar refractivity (Wildman–Crippen MR) is 82.5 cm³/mol. The second-order valence-corrected chi connectivity index (χ2v) is 5.38. The molecule has 1 aromatic carbocycles. The van der Waals surface area contributed by atoms with Crippen LogP contribution >= 0.6 is 11.6 Å². The summed E-state index contributed by atoms with van der Waals surface area (Å²) in [6, 6.07) is 3.49. The van der Waals surface area contributed by atoms with E-state index in [2.05, 4.69) is 5.32 Å². The van der Waals surface area contributed by atoms with Gasteiger partial charge in [0.1, 0.15) is 0 Å². The Kier molecular flexibility index (Phi) is 5.31. The van der Waals surface area contributed by atoms with E-state index in [9.17, 15) is 4.79 Å². The first-order valence-corrected chi connectivity index (χ1v) is 7.48. The number of benzene rings is 1. The van der Waals surface area contributed by atoms with Gasteiger partial charge in [-0.3, -0.25) is 4.79 Å². The molecule has 2 rings (SSSR count). The topological polar surface area (TPSA) is 50.8 Å².